The number of imidazole rings is 1. The lowest BCUT2D eigenvalue weighted by Crippen LogP contribution is -2.29. The zero-order valence-corrected chi connectivity index (χ0v) is 12.2. The van der Waals surface area contributed by atoms with Crippen molar-refractivity contribution in [3.63, 3.8) is 0 Å². The normalized spacial score (nSPS) is 18.9. The number of nitrogens with one attached hydrogen (secondary N) is 2. The summed E-state index contributed by atoms with van der Waals surface area (Å²) in [5, 5.41) is 3.27. The molecule has 1 saturated heterocycles. The summed E-state index contributed by atoms with van der Waals surface area (Å²) in [7, 11) is 0. The Morgan fingerprint density at radius 3 is 3.10 bits per heavy atom. The van der Waals surface area contributed by atoms with Crippen molar-refractivity contribution in [1.82, 2.24) is 19.9 Å². The van der Waals surface area contributed by atoms with E-state index in [2.05, 4.69) is 39.0 Å². The van der Waals surface area contributed by atoms with Gasteiger partial charge in [-0.3, -0.25) is 0 Å². The predicted molar refractivity (Wildman–Crippen MR) is 81.1 cm³/mol. The van der Waals surface area contributed by atoms with E-state index in [0.29, 0.717) is 12.0 Å². The minimum atomic E-state index is 0.579. The first-order chi connectivity index (χ1) is 9.83. The van der Waals surface area contributed by atoms with E-state index in [0.717, 1.165) is 42.9 Å². The van der Waals surface area contributed by atoms with Crippen LogP contribution in [0.1, 0.15) is 39.5 Å². The number of aromatic nitrogens is 4. The molecule has 20 heavy (non-hydrogen) atoms. The summed E-state index contributed by atoms with van der Waals surface area (Å²) in [6.45, 7) is 6.32. The second-order valence-electron chi connectivity index (χ2n) is 5.30. The zero-order chi connectivity index (χ0) is 13.9. The number of rotatable bonds is 5. The summed E-state index contributed by atoms with van der Waals surface area (Å²) in [6, 6.07) is 0.579. The van der Waals surface area contributed by atoms with E-state index < -0.39 is 0 Å². The number of hydrogen-bond acceptors (Lipinski definition) is 5. The van der Waals surface area contributed by atoms with Crippen molar-refractivity contribution in [2.45, 2.75) is 45.6 Å². The van der Waals surface area contributed by atoms with Crippen LogP contribution < -0.4 is 10.2 Å². The topological polar surface area (TPSA) is 69.7 Å². The molecule has 0 saturated carbocycles. The lowest BCUT2D eigenvalue weighted by Gasteiger charge is -2.25. The van der Waals surface area contributed by atoms with Crippen molar-refractivity contribution in [2.75, 3.05) is 23.3 Å². The van der Waals surface area contributed by atoms with Gasteiger partial charge in [0.15, 0.2) is 11.5 Å². The van der Waals surface area contributed by atoms with Gasteiger partial charge in [0.25, 0.3) is 0 Å². The number of nitrogens with zero attached hydrogens (tertiary/aromatic N) is 4. The maximum Gasteiger partial charge on any atom is 0.226 e. The molecule has 0 bridgehead atoms. The number of anilines is 2. The third-order valence-corrected chi connectivity index (χ3v) is 3.92. The first-order valence-corrected chi connectivity index (χ1v) is 7.55. The summed E-state index contributed by atoms with van der Waals surface area (Å²) < 4.78 is 0. The van der Waals surface area contributed by atoms with Gasteiger partial charge in [-0.25, -0.2) is 4.98 Å². The summed E-state index contributed by atoms with van der Waals surface area (Å²) in [4.78, 5) is 19.1. The molecular formula is C14H22N6. The Bertz CT molecular complexity index is 578. The smallest absolute Gasteiger partial charge is 0.226 e. The van der Waals surface area contributed by atoms with Gasteiger partial charge in [-0.1, -0.05) is 13.8 Å². The van der Waals surface area contributed by atoms with E-state index in [1.54, 1.807) is 6.33 Å². The highest BCUT2D eigenvalue weighted by Gasteiger charge is 2.27. The van der Waals surface area contributed by atoms with E-state index in [9.17, 15) is 0 Å². The van der Waals surface area contributed by atoms with Crippen molar-refractivity contribution < 1.29 is 0 Å². The van der Waals surface area contributed by atoms with Gasteiger partial charge in [0.1, 0.15) is 5.52 Å². The van der Waals surface area contributed by atoms with Crippen LogP contribution in [-0.4, -0.2) is 39.1 Å². The SMILES string of the molecule is CCCNc1nc(N2CCCC2CC)c2[nH]cnc2n1. The van der Waals surface area contributed by atoms with Crippen molar-refractivity contribution in [3.8, 4) is 0 Å². The van der Waals surface area contributed by atoms with Crippen LogP contribution in [0.2, 0.25) is 0 Å². The Hall–Kier alpha value is -1.85. The van der Waals surface area contributed by atoms with Crippen LogP contribution in [-0.2, 0) is 0 Å². The minimum absolute atomic E-state index is 0.579. The molecule has 1 atom stereocenters. The van der Waals surface area contributed by atoms with Crippen molar-refractivity contribution in [2.24, 2.45) is 0 Å². The molecule has 2 N–H and O–H groups in total. The van der Waals surface area contributed by atoms with Gasteiger partial charge in [-0.15, -0.1) is 0 Å². The molecule has 2 aromatic rings. The number of hydrogen-bond donors (Lipinski definition) is 2. The Morgan fingerprint density at radius 1 is 1.40 bits per heavy atom. The van der Waals surface area contributed by atoms with E-state index in [1.807, 2.05) is 0 Å². The van der Waals surface area contributed by atoms with Gasteiger partial charge in [-0.2, -0.15) is 9.97 Å². The van der Waals surface area contributed by atoms with Crippen LogP contribution >= 0.6 is 0 Å². The Kier molecular flexibility index (Phi) is 3.71. The second kappa shape index (κ2) is 5.64. The van der Waals surface area contributed by atoms with E-state index in [-0.39, 0.29) is 0 Å². The van der Waals surface area contributed by atoms with E-state index in [4.69, 9.17) is 4.98 Å². The first-order valence-electron chi connectivity index (χ1n) is 7.55. The lowest BCUT2D eigenvalue weighted by molar-refractivity contribution is 0.641. The highest BCUT2D eigenvalue weighted by molar-refractivity contribution is 5.84. The largest absolute Gasteiger partial charge is 0.354 e. The summed E-state index contributed by atoms with van der Waals surface area (Å²) >= 11 is 0. The standard InChI is InChI=1S/C14H22N6/c1-3-7-15-14-18-12-11(16-9-17-12)13(19-14)20-8-5-6-10(20)4-2/h9-10H,3-8H2,1-2H3,(H2,15,16,17,18,19). The van der Waals surface area contributed by atoms with Crippen LogP contribution in [0.5, 0.6) is 0 Å². The molecular weight excluding hydrogens is 252 g/mol. The highest BCUT2D eigenvalue weighted by Crippen LogP contribution is 2.30. The summed E-state index contributed by atoms with van der Waals surface area (Å²) in [6.07, 6.45) is 6.38. The van der Waals surface area contributed by atoms with Crippen LogP contribution in [0.4, 0.5) is 11.8 Å². The highest BCUT2D eigenvalue weighted by atomic mass is 15.3. The van der Waals surface area contributed by atoms with Crippen molar-refractivity contribution >= 4 is 22.9 Å². The molecule has 2 aromatic heterocycles. The molecule has 1 fully saturated rings. The average Bonchev–Trinajstić information content (AvgIpc) is 3.12. The fraction of sp³-hybridized carbons (Fsp3) is 0.643. The van der Waals surface area contributed by atoms with Crippen molar-refractivity contribution in [1.29, 1.82) is 0 Å². The van der Waals surface area contributed by atoms with Crippen LogP contribution in [0.3, 0.4) is 0 Å². The number of aromatic amines is 1. The Morgan fingerprint density at radius 2 is 2.30 bits per heavy atom. The predicted octanol–water partition coefficient (Wildman–Crippen LogP) is 2.55. The number of H-pyrrole nitrogens is 1. The van der Waals surface area contributed by atoms with Crippen molar-refractivity contribution in [3.05, 3.63) is 6.33 Å². The average molecular weight is 274 g/mol. The van der Waals surface area contributed by atoms with Gasteiger partial charge < -0.3 is 15.2 Å². The van der Waals surface area contributed by atoms with Gasteiger partial charge >= 0.3 is 0 Å². The molecule has 0 aliphatic carbocycles. The third-order valence-electron chi connectivity index (χ3n) is 3.92. The lowest BCUT2D eigenvalue weighted by atomic mass is 10.2. The second-order valence-corrected chi connectivity index (χ2v) is 5.30. The Balaban J connectivity index is 2.01. The third kappa shape index (κ3) is 2.30. The van der Waals surface area contributed by atoms with Gasteiger partial charge in [0.2, 0.25) is 5.95 Å². The molecule has 6 nitrogen and oxygen atoms in total. The molecule has 1 aliphatic rings. The zero-order valence-electron chi connectivity index (χ0n) is 12.2. The van der Waals surface area contributed by atoms with E-state index >= 15 is 0 Å². The molecule has 3 heterocycles. The monoisotopic (exact) mass is 274 g/mol. The number of fused-ring (bicyclic) bond motifs is 1. The molecule has 0 radical (unpaired) electrons. The van der Waals surface area contributed by atoms with Gasteiger partial charge in [-0.05, 0) is 25.7 Å². The summed E-state index contributed by atoms with van der Waals surface area (Å²) in [5.41, 5.74) is 1.70. The fourth-order valence-electron chi connectivity index (χ4n) is 2.88. The fourth-order valence-corrected chi connectivity index (χ4v) is 2.88. The minimum Gasteiger partial charge on any atom is -0.354 e. The molecule has 108 valence electrons. The quantitative estimate of drug-likeness (QED) is 0.877. The molecule has 1 aliphatic heterocycles. The molecule has 0 amide bonds. The first kappa shape index (κ1) is 13.1. The van der Waals surface area contributed by atoms with E-state index in [1.165, 1.54) is 12.8 Å². The van der Waals surface area contributed by atoms with Gasteiger partial charge in [0, 0.05) is 19.1 Å². The van der Waals surface area contributed by atoms with Gasteiger partial charge in [0.05, 0.1) is 6.33 Å². The molecule has 0 aromatic carbocycles. The summed E-state index contributed by atoms with van der Waals surface area (Å²) in [5.74, 6) is 1.68. The Labute approximate surface area is 119 Å². The maximum absolute atomic E-state index is 4.72. The molecule has 3 rings (SSSR count). The van der Waals surface area contributed by atoms with Crippen LogP contribution in [0.15, 0.2) is 6.33 Å². The molecule has 6 heteroatoms. The molecule has 1 unspecified atom stereocenters. The maximum atomic E-state index is 4.72. The van der Waals surface area contributed by atoms with Crippen LogP contribution in [0, 0.1) is 0 Å². The molecule has 0 spiro atoms. The van der Waals surface area contributed by atoms with Crippen LogP contribution in [0.25, 0.3) is 11.2 Å².